The summed E-state index contributed by atoms with van der Waals surface area (Å²) in [5.41, 5.74) is -1.75. The number of likely N-dealkylation sites (tertiary alicyclic amines) is 1. The predicted octanol–water partition coefficient (Wildman–Crippen LogP) is 2.78. The van der Waals surface area contributed by atoms with Gasteiger partial charge in [0.25, 0.3) is 0 Å². The number of carbonyl (C=O) groups excluding carboxylic acids is 1. The molecule has 0 radical (unpaired) electrons. The van der Waals surface area contributed by atoms with Gasteiger partial charge in [-0.1, -0.05) is 6.07 Å². The summed E-state index contributed by atoms with van der Waals surface area (Å²) in [7, 11) is 0.377. The zero-order valence-electron chi connectivity index (χ0n) is 21.3. The van der Waals surface area contributed by atoms with Crippen LogP contribution in [0.5, 0.6) is 0 Å². The Morgan fingerprint density at radius 3 is 2.45 bits per heavy atom. The minimum Gasteiger partial charge on any atom is -0.381 e. The number of rotatable bonds is 6. The summed E-state index contributed by atoms with van der Waals surface area (Å²) >= 11 is 0. The molecule has 9 nitrogen and oxygen atoms in total. The molecular weight excluding hydrogens is 523 g/mol. The predicted molar refractivity (Wildman–Crippen MR) is 131 cm³/mol. The first kappa shape index (κ1) is 28.1. The quantitative estimate of drug-likeness (QED) is 0.585. The van der Waals surface area contributed by atoms with E-state index in [1.807, 2.05) is 11.9 Å². The van der Waals surface area contributed by atoms with E-state index in [2.05, 4.69) is 16.5 Å². The Labute approximate surface area is 219 Å². The van der Waals surface area contributed by atoms with Crippen LogP contribution in [0.1, 0.15) is 31.2 Å². The maximum atomic E-state index is 14.1. The van der Waals surface area contributed by atoms with Crippen LogP contribution in [0.4, 0.5) is 13.2 Å². The van der Waals surface area contributed by atoms with Gasteiger partial charge in [0.2, 0.25) is 5.91 Å². The van der Waals surface area contributed by atoms with Crippen LogP contribution in [0.25, 0.3) is 11.1 Å². The molecule has 1 amide bonds. The Kier molecular flexibility index (Phi) is 7.62. The topological polar surface area (TPSA) is 117 Å². The number of hydrogen-bond acceptors (Lipinski definition) is 7. The van der Waals surface area contributed by atoms with Crippen LogP contribution >= 0.6 is 0 Å². The summed E-state index contributed by atoms with van der Waals surface area (Å²) in [5.74, 6) is -1.45. The number of carbonyl (C=O) groups is 1. The van der Waals surface area contributed by atoms with E-state index in [0.717, 1.165) is 12.1 Å². The van der Waals surface area contributed by atoms with E-state index in [-0.39, 0.29) is 18.4 Å². The molecule has 4 rings (SSSR count). The number of ether oxygens (including phenoxy) is 1. The maximum Gasteiger partial charge on any atom is 0.417 e. The molecule has 1 aliphatic heterocycles. The highest BCUT2D eigenvalue weighted by molar-refractivity contribution is 7.92. The molecule has 1 aliphatic carbocycles. The zero-order chi connectivity index (χ0) is 27.9. The second-order valence-electron chi connectivity index (χ2n) is 10.1. The molecule has 2 heterocycles. The highest BCUT2D eigenvalue weighted by Gasteiger charge is 2.49. The molecule has 0 bridgehead atoms. The fraction of sp³-hybridized carbons (Fsp3) is 0.560. The van der Waals surface area contributed by atoms with Gasteiger partial charge in [0.1, 0.15) is 5.54 Å². The molecule has 0 spiro atoms. The van der Waals surface area contributed by atoms with Crippen molar-refractivity contribution in [3.8, 4) is 17.2 Å². The molecule has 2 aliphatic rings. The van der Waals surface area contributed by atoms with E-state index in [4.69, 9.17) is 4.74 Å². The smallest absolute Gasteiger partial charge is 0.381 e. The number of aromatic nitrogens is 2. The number of alkyl halides is 3. The van der Waals surface area contributed by atoms with E-state index in [0.29, 0.717) is 31.5 Å². The van der Waals surface area contributed by atoms with E-state index in [9.17, 15) is 31.6 Å². The van der Waals surface area contributed by atoms with E-state index in [1.54, 1.807) is 7.05 Å². The molecule has 38 heavy (non-hydrogen) atoms. The fourth-order valence-electron chi connectivity index (χ4n) is 5.27. The summed E-state index contributed by atoms with van der Waals surface area (Å²) in [4.78, 5) is 14.4. The average Bonchev–Trinajstić information content (AvgIpc) is 3.51. The van der Waals surface area contributed by atoms with Crippen molar-refractivity contribution in [1.82, 2.24) is 20.0 Å². The van der Waals surface area contributed by atoms with E-state index in [1.165, 1.54) is 30.3 Å². The second kappa shape index (κ2) is 10.3. The third-order valence-electron chi connectivity index (χ3n) is 7.59. The highest BCUT2D eigenvalue weighted by atomic mass is 32.2. The first-order chi connectivity index (χ1) is 17.8. The van der Waals surface area contributed by atoms with Gasteiger partial charge < -0.3 is 15.0 Å². The van der Waals surface area contributed by atoms with Gasteiger partial charge in [0, 0.05) is 39.0 Å². The molecule has 2 fully saturated rings. The van der Waals surface area contributed by atoms with Crippen molar-refractivity contribution in [2.75, 3.05) is 27.2 Å². The summed E-state index contributed by atoms with van der Waals surface area (Å²) < 4.78 is 76.2. The molecule has 3 atom stereocenters. The lowest BCUT2D eigenvalue weighted by Crippen LogP contribution is -2.55. The van der Waals surface area contributed by atoms with Crippen molar-refractivity contribution < 1.29 is 31.1 Å². The number of nitrogens with one attached hydrogen (secondary N) is 1. The number of halogens is 3. The number of aryl methyl sites for hydroxylation is 1. The summed E-state index contributed by atoms with van der Waals surface area (Å²) in [6, 6.07) is 5.29. The molecule has 1 N–H and O–H groups in total. The molecule has 1 saturated carbocycles. The Morgan fingerprint density at radius 2 is 1.89 bits per heavy atom. The third kappa shape index (κ3) is 5.43. The van der Waals surface area contributed by atoms with E-state index < -0.39 is 55.2 Å². The van der Waals surface area contributed by atoms with Gasteiger partial charge in [-0.05, 0) is 50.4 Å². The first-order valence-electron chi connectivity index (χ1n) is 12.2. The van der Waals surface area contributed by atoms with Gasteiger partial charge in [-0.15, -0.1) is 0 Å². The van der Waals surface area contributed by atoms with Gasteiger partial charge in [0.05, 0.1) is 40.0 Å². The van der Waals surface area contributed by atoms with Crippen molar-refractivity contribution in [2.45, 2.75) is 53.6 Å². The largest absolute Gasteiger partial charge is 0.417 e. The second-order valence-corrected chi connectivity index (χ2v) is 12.3. The number of benzene rings is 1. The number of piperidine rings is 1. The number of nitrogens with zero attached hydrogens (tertiary/aromatic N) is 4. The molecule has 1 unspecified atom stereocenters. The van der Waals surface area contributed by atoms with Crippen LogP contribution < -0.4 is 5.32 Å². The van der Waals surface area contributed by atoms with E-state index >= 15 is 0 Å². The van der Waals surface area contributed by atoms with Crippen molar-refractivity contribution in [3.05, 3.63) is 36.2 Å². The first-order valence-corrected chi connectivity index (χ1v) is 13.7. The highest BCUT2D eigenvalue weighted by Crippen LogP contribution is 2.42. The van der Waals surface area contributed by atoms with Crippen molar-refractivity contribution in [2.24, 2.45) is 13.0 Å². The van der Waals surface area contributed by atoms with Gasteiger partial charge in [0.15, 0.2) is 9.84 Å². The SMILES string of the molecule is CO[C@H]1C[C@@H](S(=O)(=O)c2ccc(-c3cnn(C)c3)cc2C(F)(F)F)CC1C(=O)NC1(C#N)CCN(C)CC1. The van der Waals surface area contributed by atoms with Gasteiger partial charge >= 0.3 is 6.18 Å². The number of methoxy groups -OCH3 is 1. The monoisotopic (exact) mass is 553 g/mol. The van der Waals surface area contributed by atoms with Crippen LogP contribution in [0.3, 0.4) is 0 Å². The van der Waals surface area contributed by atoms with Crippen LogP contribution in [-0.4, -0.2) is 73.1 Å². The average molecular weight is 554 g/mol. The third-order valence-corrected chi connectivity index (χ3v) is 9.82. The van der Waals surface area contributed by atoms with Crippen molar-refractivity contribution in [3.63, 3.8) is 0 Å². The normalized spacial score (nSPS) is 24.2. The van der Waals surface area contributed by atoms with Gasteiger partial charge in [-0.3, -0.25) is 9.48 Å². The molecule has 1 aromatic carbocycles. The number of hydrogen-bond donors (Lipinski definition) is 1. The Hall–Kier alpha value is -2.95. The number of sulfone groups is 1. The van der Waals surface area contributed by atoms with Crippen LogP contribution in [0.2, 0.25) is 0 Å². The fourth-order valence-corrected chi connectivity index (χ4v) is 7.27. The molecule has 1 saturated heterocycles. The van der Waals surface area contributed by atoms with Crippen molar-refractivity contribution in [1.29, 1.82) is 5.26 Å². The molecule has 2 aromatic rings. The molecule has 206 valence electrons. The van der Waals surface area contributed by atoms with Crippen LogP contribution in [-0.2, 0) is 32.6 Å². The van der Waals surface area contributed by atoms with Crippen LogP contribution in [0.15, 0.2) is 35.5 Å². The maximum absolute atomic E-state index is 14.1. The zero-order valence-corrected chi connectivity index (χ0v) is 22.1. The lowest BCUT2D eigenvalue weighted by Gasteiger charge is -2.37. The van der Waals surface area contributed by atoms with Crippen LogP contribution in [0, 0.1) is 17.2 Å². The van der Waals surface area contributed by atoms with Crippen molar-refractivity contribution >= 4 is 15.7 Å². The van der Waals surface area contributed by atoms with Gasteiger partial charge in [-0.25, -0.2) is 8.42 Å². The lowest BCUT2D eigenvalue weighted by atomic mass is 9.88. The number of amides is 1. The van der Waals surface area contributed by atoms with Gasteiger partial charge in [-0.2, -0.15) is 23.5 Å². The Morgan fingerprint density at radius 1 is 1.21 bits per heavy atom. The lowest BCUT2D eigenvalue weighted by molar-refractivity contribution is -0.139. The summed E-state index contributed by atoms with van der Waals surface area (Å²) in [5, 5.41) is 15.3. The minimum absolute atomic E-state index is 0.138. The summed E-state index contributed by atoms with van der Waals surface area (Å²) in [6.07, 6.45) is -2.34. The Balaban J connectivity index is 1.61. The molecule has 1 aromatic heterocycles. The standard InChI is InChI=1S/C25H30F3N5O4S/c1-32-8-6-24(15-29,7-9-32)31-23(34)19-11-18(12-21(19)37-3)38(35,36)22-5-4-16(10-20(22)25(26,27)28)17-13-30-33(2)14-17/h4-5,10,13-14,18-19,21H,6-9,11-12H2,1-3H3,(H,31,34)/t18-,19?,21-/m0/s1. The minimum atomic E-state index is -4.93. The molecular formula is C25H30F3N5O4S. The molecule has 13 heteroatoms. The number of nitriles is 1. The summed E-state index contributed by atoms with van der Waals surface area (Å²) in [6.45, 7) is 1.22. The Bertz CT molecular complexity index is 1340.